The Kier molecular flexibility index (Phi) is 19.5. The number of carbonyl (C=O) groups excluding carboxylic acids is 1. The highest BCUT2D eigenvalue weighted by atomic mass is 35.5. The third-order valence-electron chi connectivity index (χ3n) is 4.47. The summed E-state index contributed by atoms with van der Waals surface area (Å²) in [6.45, 7) is 10.7. The Hall–Kier alpha value is -0.540. The summed E-state index contributed by atoms with van der Waals surface area (Å²) in [7, 11) is 4.15. The highest BCUT2D eigenvalue weighted by Gasteiger charge is 2.13. The summed E-state index contributed by atoms with van der Waals surface area (Å²) in [5, 5.41) is 0. The number of rotatable bonds is 16. The van der Waals surface area contributed by atoms with E-state index in [1.54, 1.807) is 0 Å². The maximum atomic E-state index is 12.2. The van der Waals surface area contributed by atoms with Crippen LogP contribution in [0.2, 0.25) is 0 Å². The molecule has 3 nitrogen and oxygen atoms in total. The first kappa shape index (κ1) is 26.7. The van der Waals surface area contributed by atoms with E-state index in [1.807, 2.05) is 11.8 Å². The summed E-state index contributed by atoms with van der Waals surface area (Å²) in [6.07, 6.45) is 14.3. The number of hydrogen-bond acceptors (Lipinski definition) is 2. The SMILES string of the molecule is C=C(C)C(=O)N(CCCCCCCCCCCC)CCCN(C)C.Cl. The van der Waals surface area contributed by atoms with Crippen LogP contribution < -0.4 is 0 Å². The van der Waals surface area contributed by atoms with Crippen LogP contribution in [0, 0.1) is 0 Å². The molecule has 1 amide bonds. The van der Waals surface area contributed by atoms with Crippen molar-refractivity contribution < 1.29 is 4.79 Å². The molecule has 0 saturated carbocycles. The molecule has 150 valence electrons. The number of amides is 1. The van der Waals surface area contributed by atoms with Crippen molar-refractivity contribution in [1.29, 1.82) is 0 Å². The molecule has 0 aliphatic heterocycles. The van der Waals surface area contributed by atoms with Crippen molar-refractivity contribution in [3.05, 3.63) is 12.2 Å². The van der Waals surface area contributed by atoms with Gasteiger partial charge in [-0.2, -0.15) is 0 Å². The summed E-state index contributed by atoms with van der Waals surface area (Å²) in [5.74, 6) is 0.129. The second-order valence-corrected chi connectivity index (χ2v) is 7.41. The first-order valence-corrected chi connectivity index (χ1v) is 10.1. The van der Waals surface area contributed by atoms with Gasteiger partial charge in [0.1, 0.15) is 0 Å². The van der Waals surface area contributed by atoms with Crippen LogP contribution in [0.4, 0.5) is 0 Å². The van der Waals surface area contributed by atoms with Gasteiger partial charge >= 0.3 is 0 Å². The van der Waals surface area contributed by atoms with Crippen molar-refractivity contribution >= 4 is 18.3 Å². The Labute approximate surface area is 163 Å². The molecule has 0 aromatic heterocycles. The van der Waals surface area contributed by atoms with Crippen LogP contribution in [-0.2, 0) is 4.79 Å². The van der Waals surface area contributed by atoms with Gasteiger partial charge in [0, 0.05) is 18.7 Å². The van der Waals surface area contributed by atoms with Crippen LogP contribution >= 0.6 is 12.4 Å². The highest BCUT2D eigenvalue weighted by molar-refractivity contribution is 5.92. The van der Waals surface area contributed by atoms with E-state index in [2.05, 4.69) is 32.5 Å². The van der Waals surface area contributed by atoms with Gasteiger partial charge in [0.2, 0.25) is 5.91 Å². The van der Waals surface area contributed by atoms with E-state index in [-0.39, 0.29) is 18.3 Å². The predicted molar refractivity (Wildman–Crippen MR) is 114 cm³/mol. The minimum atomic E-state index is 0. The molecule has 0 aromatic carbocycles. The average molecular weight is 375 g/mol. The van der Waals surface area contributed by atoms with Gasteiger partial charge in [-0.15, -0.1) is 12.4 Å². The van der Waals surface area contributed by atoms with Crippen molar-refractivity contribution in [1.82, 2.24) is 9.80 Å². The average Bonchev–Trinajstić information content (AvgIpc) is 2.53. The molecule has 0 spiro atoms. The lowest BCUT2D eigenvalue weighted by atomic mass is 10.1. The quantitative estimate of drug-likeness (QED) is 0.256. The molecular formula is C21H43ClN2O. The largest absolute Gasteiger partial charge is 0.339 e. The van der Waals surface area contributed by atoms with Crippen LogP contribution in [0.1, 0.15) is 84.5 Å². The zero-order valence-corrected chi connectivity index (χ0v) is 18.1. The fraction of sp³-hybridized carbons (Fsp3) is 0.857. The Morgan fingerprint density at radius 3 is 1.64 bits per heavy atom. The van der Waals surface area contributed by atoms with Gasteiger partial charge in [0.05, 0.1) is 0 Å². The van der Waals surface area contributed by atoms with Gasteiger partial charge in [-0.05, 0) is 40.4 Å². The van der Waals surface area contributed by atoms with Gasteiger partial charge in [0.15, 0.2) is 0 Å². The number of hydrogen-bond donors (Lipinski definition) is 0. The molecule has 0 N–H and O–H groups in total. The molecule has 0 bridgehead atoms. The maximum absolute atomic E-state index is 12.2. The third kappa shape index (κ3) is 16.7. The molecule has 0 aromatic rings. The number of carbonyl (C=O) groups is 1. The Morgan fingerprint density at radius 1 is 0.760 bits per heavy atom. The van der Waals surface area contributed by atoms with Gasteiger partial charge in [-0.1, -0.05) is 71.3 Å². The molecule has 0 radical (unpaired) electrons. The normalized spacial score (nSPS) is 10.6. The number of unbranched alkanes of at least 4 members (excludes halogenated alkanes) is 9. The standard InChI is InChI=1S/C21H42N2O.ClH/c1-6-7-8-9-10-11-12-13-14-15-18-23(21(24)20(2)3)19-16-17-22(4)5;/h2,6-19H2,1,3-5H3;1H. The summed E-state index contributed by atoms with van der Waals surface area (Å²) in [5.41, 5.74) is 0.659. The van der Waals surface area contributed by atoms with Gasteiger partial charge < -0.3 is 9.80 Å². The van der Waals surface area contributed by atoms with Crippen molar-refractivity contribution in [3.8, 4) is 0 Å². The van der Waals surface area contributed by atoms with Crippen molar-refractivity contribution in [3.63, 3.8) is 0 Å². The zero-order chi connectivity index (χ0) is 18.2. The van der Waals surface area contributed by atoms with Crippen LogP contribution in [0.25, 0.3) is 0 Å². The van der Waals surface area contributed by atoms with E-state index in [1.165, 1.54) is 57.8 Å². The van der Waals surface area contributed by atoms with Crippen molar-refractivity contribution in [2.45, 2.75) is 84.5 Å². The zero-order valence-electron chi connectivity index (χ0n) is 17.3. The minimum Gasteiger partial charge on any atom is -0.339 e. The first-order chi connectivity index (χ1) is 11.5. The van der Waals surface area contributed by atoms with E-state index in [0.29, 0.717) is 5.57 Å². The molecule has 0 saturated heterocycles. The lowest BCUT2D eigenvalue weighted by Crippen LogP contribution is -2.34. The number of halogens is 1. The molecule has 4 heteroatoms. The molecular weight excluding hydrogens is 332 g/mol. The second-order valence-electron chi connectivity index (χ2n) is 7.41. The predicted octanol–water partition coefficient (Wildman–Crippen LogP) is 5.69. The van der Waals surface area contributed by atoms with Crippen LogP contribution in [0.15, 0.2) is 12.2 Å². The Morgan fingerprint density at radius 2 is 1.20 bits per heavy atom. The van der Waals surface area contributed by atoms with E-state index < -0.39 is 0 Å². The van der Waals surface area contributed by atoms with Crippen molar-refractivity contribution in [2.75, 3.05) is 33.7 Å². The number of nitrogens with zero attached hydrogens (tertiary/aromatic N) is 2. The maximum Gasteiger partial charge on any atom is 0.248 e. The van der Waals surface area contributed by atoms with Crippen LogP contribution in [-0.4, -0.2) is 49.4 Å². The fourth-order valence-electron chi connectivity index (χ4n) is 2.95. The lowest BCUT2D eigenvalue weighted by molar-refractivity contribution is -0.127. The molecule has 0 fully saturated rings. The lowest BCUT2D eigenvalue weighted by Gasteiger charge is -2.23. The molecule has 25 heavy (non-hydrogen) atoms. The van der Waals surface area contributed by atoms with E-state index in [9.17, 15) is 4.79 Å². The molecule has 0 heterocycles. The van der Waals surface area contributed by atoms with Crippen molar-refractivity contribution in [2.24, 2.45) is 0 Å². The molecule has 0 unspecified atom stereocenters. The second kappa shape index (κ2) is 18.3. The summed E-state index contributed by atoms with van der Waals surface area (Å²) in [6, 6.07) is 0. The molecule has 0 rings (SSSR count). The Balaban J connectivity index is 0. The summed E-state index contributed by atoms with van der Waals surface area (Å²) < 4.78 is 0. The van der Waals surface area contributed by atoms with E-state index in [4.69, 9.17) is 0 Å². The topological polar surface area (TPSA) is 23.6 Å². The first-order valence-electron chi connectivity index (χ1n) is 10.1. The molecule has 0 aliphatic carbocycles. The minimum absolute atomic E-state index is 0. The monoisotopic (exact) mass is 374 g/mol. The smallest absolute Gasteiger partial charge is 0.248 e. The van der Waals surface area contributed by atoms with Gasteiger partial charge in [0.25, 0.3) is 0 Å². The Bertz CT molecular complexity index is 332. The highest BCUT2D eigenvalue weighted by Crippen LogP contribution is 2.11. The van der Waals surface area contributed by atoms with E-state index in [0.717, 1.165) is 32.5 Å². The van der Waals surface area contributed by atoms with Gasteiger partial charge in [-0.3, -0.25) is 4.79 Å². The van der Waals surface area contributed by atoms with Crippen LogP contribution in [0.3, 0.4) is 0 Å². The third-order valence-corrected chi connectivity index (χ3v) is 4.47. The van der Waals surface area contributed by atoms with Crippen LogP contribution in [0.5, 0.6) is 0 Å². The molecule has 0 atom stereocenters. The fourth-order valence-corrected chi connectivity index (χ4v) is 2.95. The van der Waals surface area contributed by atoms with Gasteiger partial charge in [-0.25, -0.2) is 0 Å². The summed E-state index contributed by atoms with van der Waals surface area (Å²) in [4.78, 5) is 16.4. The van der Waals surface area contributed by atoms with E-state index >= 15 is 0 Å². The summed E-state index contributed by atoms with van der Waals surface area (Å²) >= 11 is 0. The molecule has 0 aliphatic rings.